The predicted octanol–water partition coefficient (Wildman–Crippen LogP) is 1.93. The molecule has 1 aromatic rings. The Balaban J connectivity index is 2.47. The van der Waals surface area contributed by atoms with E-state index in [0.717, 1.165) is 26.2 Å². The second-order valence-electron chi connectivity index (χ2n) is 4.62. The molecule has 19 heavy (non-hydrogen) atoms. The summed E-state index contributed by atoms with van der Waals surface area (Å²) in [5, 5.41) is 3.16. The van der Waals surface area contributed by atoms with Crippen LogP contribution in [-0.4, -0.2) is 36.3 Å². The minimum atomic E-state index is 0.428. The molecule has 1 aromatic heterocycles. The Labute approximate surface area is 114 Å². The van der Waals surface area contributed by atoms with E-state index in [9.17, 15) is 0 Å². The van der Waals surface area contributed by atoms with E-state index in [1.54, 1.807) is 0 Å². The van der Waals surface area contributed by atoms with Gasteiger partial charge in [-0.25, -0.2) is 4.98 Å². The van der Waals surface area contributed by atoms with Crippen LogP contribution in [0.15, 0.2) is 6.33 Å². The van der Waals surface area contributed by atoms with Gasteiger partial charge in [-0.2, -0.15) is 4.98 Å². The number of nitrogen functional groups attached to an aromatic ring is 1. The summed E-state index contributed by atoms with van der Waals surface area (Å²) < 4.78 is 10.8. The topological polar surface area (TPSA) is 82.3 Å². The third-order valence-electron chi connectivity index (χ3n) is 2.36. The van der Waals surface area contributed by atoms with Crippen LogP contribution < -0.4 is 15.8 Å². The first kappa shape index (κ1) is 15.5. The molecule has 0 aliphatic carbocycles. The van der Waals surface area contributed by atoms with Crippen molar-refractivity contribution in [2.45, 2.75) is 27.2 Å². The summed E-state index contributed by atoms with van der Waals surface area (Å²) in [6.45, 7) is 8.94. The highest BCUT2D eigenvalue weighted by Crippen LogP contribution is 2.24. The quantitative estimate of drug-likeness (QED) is 0.666. The van der Waals surface area contributed by atoms with Crippen molar-refractivity contribution in [3.8, 4) is 5.88 Å². The van der Waals surface area contributed by atoms with Crippen LogP contribution in [0.2, 0.25) is 0 Å². The summed E-state index contributed by atoms with van der Waals surface area (Å²) in [5.74, 6) is 1.48. The Morgan fingerprint density at radius 3 is 2.84 bits per heavy atom. The molecule has 0 unspecified atom stereocenters. The zero-order chi connectivity index (χ0) is 14.1. The number of hydrogen-bond acceptors (Lipinski definition) is 6. The molecule has 1 heterocycles. The summed E-state index contributed by atoms with van der Waals surface area (Å²) in [5.41, 5.74) is 6.42. The fourth-order valence-electron chi connectivity index (χ4n) is 1.41. The fourth-order valence-corrected chi connectivity index (χ4v) is 1.41. The van der Waals surface area contributed by atoms with Gasteiger partial charge in [0.05, 0.1) is 6.61 Å². The highest BCUT2D eigenvalue weighted by molar-refractivity contribution is 5.66. The predicted molar refractivity (Wildman–Crippen MR) is 76.4 cm³/mol. The molecule has 0 amide bonds. The van der Waals surface area contributed by atoms with Crippen molar-refractivity contribution in [1.29, 1.82) is 0 Å². The number of nitrogens with two attached hydrogens (primary N) is 1. The van der Waals surface area contributed by atoms with Crippen LogP contribution in [0.5, 0.6) is 5.88 Å². The third-order valence-corrected chi connectivity index (χ3v) is 2.36. The van der Waals surface area contributed by atoms with Gasteiger partial charge in [0.15, 0.2) is 5.82 Å². The summed E-state index contributed by atoms with van der Waals surface area (Å²) in [6, 6.07) is 0. The monoisotopic (exact) mass is 268 g/mol. The molecule has 1 rings (SSSR count). The molecule has 108 valence electrons. The number of aromatic nitrogens is 2. The van der Waals surface area contributed by atoms with Gasteiger partial charge < -0.3 is 20.5 Å². The smallest absolute Gasteiger partial charge is 0.242 e. The lowest BCUT2D eigenvalue weighted by Crippen LogP contribution is -2.12. The Hall–Kier alpha value is -1.56. The van der Waals surface area contributed by atoms with E-state index in [2.05, 4.69) is 29.1 Å². The summed E-state index contributed by atoms with van der Waals surface area (Å²) in [4.78, 5) is 8.16. The molecule has 6 heteroatoms. The van der Waals surface area contributed by atoms with Crippen LogP contribution in [-0.2, 0) is 4.74 Å². The number of anilines is 2. The second kappa shape index (κ2) is 8.53. The molecule has 6 nitrogen and oxygen atoms in total. The first-order valence-corrected chi connectivity index (χ1v) is 6.70. The lowest BCUT2D eigenvalue weighted by Gasteiger charge is -2.12. The zero-order valence-corrected chi connectivity index (χ0v) is 12.0. The number of nitrogens with zero attached hydrogens (tertiary/aromatic N) is 2. The van der Waals surface area contributed by atoms with E-state index >= 15 is 0 Å². The Bertz CT molecular complexity index is 372. The zero-order valence-electron chi connectivity index (χ0n) is 12.0. The summed E-state index contributed by atoms with van der Waals surface area (Å²) in [6.07, 6.45) is 2.36. The van der Waals surface area contributed by atoms with Gasteiger partial charge in [0.2, 0.25) is 5.88 Å². The van der Waals surface area contributed by atoms with Gasteiger partial charge >= 0.3 is 0 Å². The fraction of sp³-hybridized carbons (Fsp3) is 0.692. The van der Waals surface area contributed by atoms with Gasteiger partial charge in [-0.3, -0.25) is 0 Å². The van der Waals surface area contributed by atoms with E-state index in [0.29, 0.717) is 29.9 Å². The highest BCUT2D eigenvalue weighted by Gasteiger charge is 2.09. The maximum atomic E-state index is 5.97. The SMILES string of the molecule is CCOCCCNc1ncnc(OCC(C)C)c1N. The molecule has 0 aliphatic heterocycles. The molecule has 0 saturated carbocycles. The summed E-state index contributed by atoms with van der Waals surface area (Å²) >= 11 is 0. The average Bonchev–Trinajstić information content (AvgIpc) is 2.38. The lowest BCUT2D eigenvalue weighted by molar-refractivity contribution is 0.147. The van der Waals surface area contributed by atoms with Crippen LogP contribution in [0.1, 0.15) is 27.2 Å². The normalized spacial score (nSPS) is 10.7. The van der Waals surface area contributed by atoms with Crippen LogP contribution in [0, 0.1) is 5.92 Å². The van der Waals surface area contributed by atoms with Crippen LogP contribution in [0.3, 0.4) is 0 Å². The minimum Gasteiger partial charge on any atom is -0.476 e. The first-order valence-electron chi connectivity index (χ1n) is 6.70. The van der Waals surface area contributed by atoms with E-state index in [1.165, 1.54) is 6.33 Å². The van der Waals surface area contributed by atoms with Crippen molar-refractivity contribution in [3.05, 3.63) is 6.33 Å². The molecule has 0 bridgehead atoms. The summed E-state index contributed by atoms with van der Waals surface area (Å²) in [7, 11) is 0. The maximum absolute atomic E-state index is 5.97. The van der Waals surface area contributed by atoms with Gasteiger partial charge in [0, 0.05) is 19.8 Å². The van der Waals surface area contributed by atoms with Gasteiger partial charge in [0.1, 0.15) is 12.0 Å². The van der Waals surface area contributed by atoms with Gasteiger partial charge in [-0.1, -0.05) is 13.8 Å². The molecule has 0 aromatic carbocycles. The average molecular weight is 268 g/mol. The van der Waals surface area contributed by atoms with Crippen molar-refractivity contribution in [2.24, 2.45) is 5.92 Å². The molecule has 3 N–H and O–H groups in total. The van der Waals surface area contributed by atoms with E-state index < -0.39 is 0 Å². The molecular formula is C13H24N4O2. The molecule has 0 radical (unpaired) electrons. The molecule has 0 spiro atoms. The number of ether oxygens (including phenoxy) is 2. The van der Waals surface area contributed by atoms with Crippen molar-refractivity contribution in [1.82, 2.24) is 9.97 Å². The van der Waals surface area contributed by atoms with E-state index in [1.807, 2.05) is 6.92 Å². The van der Waals surface area contributed by atoms with Crippen molar-refractivity contribution < 1.29 is 9.47 Å². The third kappa shape index (κ3) is 5.74. The Morgan fingerprint density at radius 1 is 1.37 bits per heavy atom. The minimum absolute atomic E-state index is 0.428. The number of nitrogens with one attached hydrogen (secondary N) is 1. The Morgan fingerprint density at radius 2 is 2.16 bits per heavy atom. The second-order valence-corrected chi connectivity index (χ2v) is 4.62. The van der Waals surface area contributed by atoms with Crippen molar-refractivity contribution >= 4 is 11.5 Å². The first-order chi connectivity index (χ1) is 9.15. The van der Waals surface area contributed by atoms with Crippen molar-refractivity contribution in [3.63, 3.8) is 0 Å². The molecular weight excluding hydrogens is 244 g/mol. The largest absolute Gasteiger partial charge is 0.476 e. The van der Waals surface area contributed by atoms with E-state index in [4.69, 9.17) is 15.2 Å². The molecule has 0 atom stereocenters. The van der Waals surface area contributed by atoms with Gasteiger partial charge in [0.25, 0.3) is 0 Å². The van der Waals surface area contributed by atoms with Crippen LogP contribution >= 0.6 is 0 Å². The number of rotatable bonds is 9. The molecule has 0 fully saturated rings. The highest BCUT2D eigenvalue weighted by atomic mass is 16.5. The molecule has 0 aliphatic rings. The molecule has 0 saturated heterocycles. The van der Waals surface area contributed by atoms with E-state index in [-0.39, 0.29) is 0 Å². The Kier molecular flexibility index (Phi) is 6.95. The van der Waals surface area contributed by atoms with Crippen molar-refractivity contribution in [2.75, 3.05) is 37.4 Å². The van der Waals surface area contributed by atoms with Crippen LogP contribution in [0.4, 0.5) is 11.5 Å². The van der Waals surface area contributed by atoms with Gasteiger partial charge in [-0.15, -0.1) is 0 Å². The standard InChI is InChI=1S/C13H24N4O2/c1-4-18-7-5-6-15-12-11(14)13(17-9-16-12)19-8-10(2)3/h9-10H,4-8,14H2,1-3H3,(H,15,16,17). The van der Waals surface area contributed by atoms with Gasteiger partial charge in [-0.05, 0) is 19.3 Å². The van der Waals surface area contributed by atoms with Crippen LogP contribution in [0.25, 0.3) is 0 Å². The number of hydrogen-bond donors (Lipinski definition) is 2. The maximum Gasteiger partial charge on any atom is 0.242 e. The lowest BCUT2D eigenvalue weighted by atomic mass is 10.2.